The van der Waals surface area contributed by atoms with Crippen LogP contribution in [-0.2, 0) is 0 Å². The zero-order valence-electron chi connectivity index (χ0n) is 27.1. The fourth-order valence-corrected chi connectivity index (χ4v) is 4.20. The second kappa shape index (κ2) is 25.8. The number of hydrogen-bond donors (Lipinski definition) is 6. The summed E-state index contributed by atoms with van der Waals surface area (Å²) < 4.78 is 0. The maximum atomic E-state index is 9.51. The van der Waals surface area contributed by atoms with E-state index < -0.39 is 36.6 Å². The fourth-order valence-electron chi connectivity index (χ4n) is 4.20. The Morgan fingerprint density at radius 2 is 0.818 bits per heavy atom. The molecule has 0 radical (unpaired) electrons. The minimum atomic E-state index is -0.712. The number of aliphatic hydroxyl groups is 6. The molecule has 6 nitrogen and oxygen atoms in total. The van der Waals surface area contributed by atoms with E-state index in [0.717, 1.165) is 16.7 Å². The molecule has 0 bridgehead atoms. The largest absolute Gasteiger partial charge is 0.425 e. The molecule has 0 heterocycles. The third-order valence-corrected chi connectivity index (χ3v) is 6.48. The van der Waals surface area contributed by atoms with Gasteiger partial charge in [-0.15, -0.1) is 0 Å². The molecule has 242 valence electrons. The molecule has 3 aliphatic carbocycles. The molecule has 0 aromatic rings. The molecular formula is C35H51O6U3-3. The summed E-state index contributed by atoms with van der Waals surface area (Å²) >= 11 is 0. The van der Waals surface area contributed by atoms with E-state index in [-0.39, 0.29) is 93.3 Å². The van der Waals surface area contributed by atoms with Gasteiger partial charge in [0.1, 0.15) is 0 Å². The van der Waals surface area contributed by atoms with Gasteiger partial charge in [0.2, 0.25) is 0 Å². The summed E-state index contributed by atoms with van der Waals surface area (Å²) in [7, 11) is 0. The van der Waals surface area contributed by atoms with Crippen molar-refractivity contribution >= 4 is 0 Å². The van der Waals surface area contributed by atoms with Gasteiger partial charge in [-0.05, 0) is 90.6 Å². The average Bonchev–Trinajstić information content (AvgIpc) is 2.85. The Morgan fingerprint density at radius 3 is 1.14 bits per heavy atom. The maximum Gasteiger partial charge on any atom is 0 e. The Kier molecular flexibility index (Phi) is 28.9. The van der Waals surface area contributed by atoms with E-state index in [0.29, 0.717) is 36.8 Å². The topological polar surface area (TPSA) is 121 Å². The Labute approximate surface area is 337 Å². The predicted molar refractivity (Wildman–Crippen MR) is 168 cm³/mol. The molecule has 3 aliphatic rings. The van der Waals surface area contributed by atoms with E-state index >= 15 is 0 Å². The first-order chi connectivity index (χ1) is 19.1. The van der Waals surface area contributed by atoms with Gasteiger partial charge < -0.3 is 30.6 Å². The molecule has 6 atom stereocenters. The van der Waals surface area contributed by atoms with Crippen LogP contribution in [0.4, 0.5) is 0 Å². The van der Waals surface area contributed by atoms with Crippen LogP contribution in [0.5, 0.6) is 0 Å². The quantitative estimate of drug-likeness (QED) is 0.219. The molecule has 3 saturated carbocycles. The first-order valence-corrected chi connectivity index (χ1v) is 14.1. The van der Waals surface area contributed by atoms with Crippen LogP contribution in [-0.4, -0.2) is 67.3 Å². The zero-order chi connectivity index (χ0) is 31.3. The van der Waals surface area contributed by atoms with Gasteiger partial charge in [0, 0.05) is 93.3 Å². The summed E-state index contributed by atoms with van der Waals surface area (Å²) in [5.41, 5.74) is 7.94. The minimum absolute atomic E-state index is 0. The van der Waals surface area contributed by atoms with Gasteiger partial charge in [0.25, 0.3) is 0 Å². The molecule has 0 spiro atoms. The Morgan fingerprint density at radius 1 is 0.523 bits per heavy atom. The van der Waals surface area contributed by atoms with E-state index in [1.807, 2.05) is 78.0 Å². The summed E-state index contributed by atoms with van der Waals surface area (Å²) in [5, 5.41) is 56.5. The summed E-state index contributed by atoms with van der Waals surface area (Å²) in [5.74, 6) is 0. The van der Waals surface area contributed by atoms with Crippen LogP contribution in [0, 0.1) is 113 Å². The third kappa shape index (κ3) is 20.9. The molecular weight excluding hydrogens is 1230 g/mol. The van der Waals surface area contributed by atoms with Crippen LogP contribution >= 0.6 is 0 Å². The van der Waals surface area contributed by atoms with E-state index in [4.69, 9.17) is 0 Å². The van der Waals surface area contributed by atoms with Crippen molar-refractivity contribution in [2.24, 2.45) is 0 Å². The Hall–Kier alpha value is 0.836. The second-order valence-corrected chi connectivity index (χ2v) is 11.5. The third-order valence-electron chi connectivity index (χ3n) is 6.48. The molecule has 3 fully saturated rings. The van der Waals surface area contributed by atoms with Crippen molar-refractivity contribution in [1.82, 2.24) is 0 Å². The summed E-state index contributed by atoms with van der Waals surface area (Å²) in [6.07, 6.45) is 15.2. The average molecular weight is 1280 g/mol. The normalized spacial score (nSPS) is 27.9. The molecule has 0 unspecified atom stereocenters. The fraction of sp³-hybridized carbons (Fsp3) is 0.457. The van der Waals surface area contributed by atoms with Gasteiger partial charge in [0.15, 0.2) is 0 Å². The van der Waals surface area contributed by atoms with E-state index in [9.17, 15) is 30.6 Å². The molecule has 44 heavy (non-hydrogen) atoms. The molecule has 6 N–H and O–H groups in total. The molecule has 0 saturated heterocycles. The zero-order valence-corrected chi connectivity index (χ0v) is 39.6. The van der Waals surface area contributed by atoms with Crippen LogP contribution in [0.3, 0.4) is 0 Å². The second-order valence-electron chi connectivity index (χ2n) is 11.5. The van der Waals surface area contributed by atoms with Crippen molar-refractivity contribution < 1.29 is 124 Å². The van der Waals surface area contributed by atoms with Crippen LogP contribution in [0.15, 0.2) is 94.2 Å². The van der Waals surface area contributed by atoms with Gasteiger partial charge in [-0.2, -0.15) is 0 Å². The number of hydrogen-bond acceptors (Lipinski definition) is 6. The van der Waals surface area contributed by atoms with Crippen LogP contribution in [0.25, 0.3) is 0 Å². The van der Waals surface area contributed by atoms with Crippen molar-refractivity contribution in [3.63, 3.8) is 0 Å². The Bertz CT molecular complexity index is 1000. The van der Waals surface area contributed by atoms with Crippen molar-refractivity contribution in [2.45, 2.75) is 104 Å². The summed E-state index contributed by atoms with van der Waals surface area (Å²) in [4.78, 5) is 0. The molecule has 9 heteroatoms. The minimum Gasteiger partial charge on any atom is -0.425 e. The number of aliphatic hydroxyl groups excluding tert-OH is 6. The van der Waals surface area contributed by atoms with E-state index in [1.165, 1.54) is 29.6 Å². The smallest absolute Gasteiger partial charge is 0 e. The predicted octanol–water partition coefficient (Wildman–Crippen LogP) is 5.13. The van der Waals surface area contributed by atoms with E-state index in [1.54, 1.807) is 6.42 Å². The SMILES string of the molecule is C=C1/C(=C/C=C(C)C)C[C@@H](O)[CH-][C@@H]1O.C=C1/C(=C\C=C(C)C)C[C@@H](O)[CH-][C@@H]1O.CC(C)=CC=C1C[C@@H](O)[CH-][C@H](O)C1.[U].[U].[U]. The van der Waals surface area contributed by atoms with Crippen LogP contribution in [0.2, 0.25) is 0 Å². The number of rotatable bonds is 3. The van der Waals surface area contributed by atoms with Crippen molar-refractivity contribution in [3.8, 4) is 0 Å². The molecule has 3 rings (SSSR count). The summed E-state index contributed by atoms with van der Waals surface area (Å²) in [6.45, 7) is 19.7. The monoisotopic (exact) mass is 1280 g/mol. The molecule has 0 aliphatic heterocycles. The van der Waals surface area contributed by atoms with Gasteiger partial charge in [-0.1, -0.05) is 107 Å². The van der Waals surface area contributed by atoms with Crippen LogP contribution in [0.1, 0.15) is 67.2 Å². The van der Waals surface area contributed by atoms with Crippen molar-refractivity contribution in [1.29, 1.82) is 0 Å². The Balaban J connectivity index is -0.000000555. The summed E-state index contributed by atoms with van der Waals surface area (Å²) in [6, 6.07) is 0. The molecule has 0 amide bonds. The first kappa shape index (κ1) is 49.2. The molecule has 0 aromatic carbocycles. The maximum absolute atomic E-state index is 9.51. The van der Waals surface area contributed by atoms with Gasteiger partial charge in [-0.3, -0.25) is 19.3 Å². The number of allylic oxidation sites excluding steroid dienone is 9. The standard InChI is InChI=1S/2C12H17O2.C11H17O2.3U/c2*1-8(2)4-5-10-6-11(13)7-12(14)9(10)3;1-8(2)3-4-9-5-10(12)7-11(13)6-9;;;/h2*4-5,7,11-14H,3,6H2,1-2H3;3-4,7,10-13H,5-6H2,1-2H3;;;/q3*-1;;;/b10-5+;10-5-;;;;/t2*11-,12+;10-,11-;;;/m111.../s1. The van der Waals surface area contributed by atoms with E-state index in [2.05, 4.69) is 13.2 Å². The molecule has 0 aromatic heterocycles. The van der Waals surface area contributed by atoms with Crippen molar-refractivity contribution in [2.75, 3.05) is 0 Å². The van der Waals surface area contributed by atoms with Crippen LogP contribution < -0.4 is 0 Å². The van der Waals surface area contributed by atoms with Gasteiger partial charge >= 0.3 is 0 Å². The first-order valence-electron chi connectivity index (χ1n) is 14.1. The van der Waals surface area contributed by atoms with Crippen molar-refractivity contribution in [3.05, 3.63) is 113 Å². The van der Waals surface area contributed by atoms with Gasteiger partial charge in [0.05, 0.1) is 0 Å². The van der Waals surface area contributed by atoms with Gasteiger partial charge in [-0.25, -0.2) is 0 Å².